The Labute approximate surface area is 159 Å². The van der Waals surface area contributed by atoms with Crippen molar-refractivity contribution >= 4 is 11.8 Å². The molecule has 3 rings (SSSR count). The molecule has 0 aliphatic carbocycles. The zero-order chi connectivity index (χ0) is 20.0. The molecule has 0 atom stereocenters. The zero-order valence-corrected chi connectivity index (χ0v) is 15.0. The number of ether oxygens (including phenoxy) is 1. The number of anilines is 2. The third-order valence-electron chi connectivity index (χ3n) is 3.60. The lowest BCUT2D eigenvalue weighted by atomic mass is 10.1. The van der Waals surface area contributed by atoms with Crippen molar-refractivity contribution in [3.63, 3.8) is 0 Å². The Morgan fingerprint density at radius 2 is 1.86 bits per heavy atom. The largest absolute Gasteiger partial charge is 0.573 e. The second-order valence-corrected chi connectivity index (χ2v) is 5.74. The van der Waals surface area contributed by atoms with Crippen molar-refractivity contribution in [1.82, 2.24) is 15.0 Å². The Morgan fingerprint density at radius 3 is 2.57 bits per heavy atom. The number of nitrogens with one attached hydrogen (secondary N) is 2. The third kappa shape index (κ3) is 5.57. The molecular weight excluding hydrogens is 371 g/mol. The Hall–Kier alpha value is -3.36. The van der Waals surface area contributed by atoms with Gasteiger partial charge in [-0.2, -0.15) is 4.98 Å². The van der Waals surface area contributed by atoms with E-state index < -0.39 is 6.36 Å². The van der Waals surface area contributed by atoms with E-state index in [1.54, 1.807) is 18.3 Å². The highest BCUT2D eigenvalue weighted by Crippen LogP contribution is 2.28. The van der Waals surface area contributed by atoms with Gasteiger partial charge in [0.2, 0.25) is 5.95 Å². The summed E-state index contributed by atoms with van der Waals surface area (Å²) in [7, 11) is 0. The van der Waals surface area contributed by atoms with Crippen molar-refractivity contribution in [3.05, 3.63) is 60.4 Å². The molecule has 2 aromatic heterocycles. The summed E-state index contributed by atoms with van der Waals surface area (Å²) in [5.41, 5.74) is 1.76. The number of halogens is 3. The number of hydrogen-bond acceptors (Lipinski definition) is 6. The van der Waals surface area contributed by atoms with Crippen LogP contribution in [0.5, 0.6) is 5.75 Å². The van der Waals surface area contributed by atoms with Crippen LogP contribution in [-0.2, 0) is 6.54 Å². The second-order valence-electron chi connectivity index (χ2n) is 5.74. The second kappa shape index (κ2) is 8.55. The molecule has 6 nitrogen and oxygen atoms in total. The molecule has 0 aliphatic rings. The van der Waals surface area contributed by atoms with Gasteiger partial charge < -0.3 is 15.4 Å². The number of pyridine rings is 1. The molecular formula is C19H18F3N5O. The van der Waals surface area contributed by atoms with E-state index >= 15 is 0 Å². The van der Waals surface area contributed by atoms with E-state index in [1.807, 2.05) is 25.1 Å². The van der Waals surface area contributed by atoms with E-state index in [1.165, 1.54) is 18.2 Å². The fourth-order valence-corrected chi connectivity index (χ4v) is 2.46. The molecule has 0 unspecified atom stereocenters. The van der Waals surface area contributed by atoms with Gasteiger partial charge in [0.1, 0.15) is 11.6 Å². The van der Waals surface area contributed by atoms with Gasteiger partial charge in [0.25, 0.3) is 0 Å². The summed E-state index contributed by atoms with van der Waals surface area (Å²) >= 11 is 0. The van der Waals surface area contributed by atoms with Gasteiger partial charge >= 0.3 is 6.36 Å². The highest BCUT2D eigenvalue weighted by atomic mass is 19.4. The normalized spacial score (nSPS) is 11.1. The van der Waals surface area contributed by atoms with Crippen LogP contribution < -0.4 is 15.4 Å². The molecule has 2 heterocycles. The maximum Gasteiger partial charge on any atom is 0.573 e. The van der Waals surface area contributed by atoms with Crippen molar-refractivity contribution < 1.29 is 17.9 Å². The summed E-state index contributed by atoms with van der Waals surface area (Å²) < 4.78 is 41.5. The summed E-state index contributed by atoms with van der Waals surface area (Å²) in [5, 5.41) is 6.18. The van der Waals surface area contributed by atoms with Gasteiger partial charge in [-0.15, -0.1) is 13.2 Å². The summed E-state index contributed by atoms with van der Waals surface area (Å²) in [5.74, 6) is 0.580. The van der Waals surface area contributed by atoms with Crippen LogP contribution in [0.15, 0.2) is 54.7 Å². The number of hydrogen-bond donors (Lipinski definition) is 2. The molecule has 1 aromatic carbocycles. The molecule has 3 aromatic rings. The van der Waals surface area contributed by atoms with Crippen LogP contribution in [0.25, 0.3) is 11.3 Å². The van der Waals surface area contributed by atoms with Crippen molar-refractivity contribution in [2.24, 2.45) is 0 Å². The van der Waals surface area contributed by atoms with Crippen molar-refractivity contribution in [3.8, 4) is 17.0 Å². The Kier molecular flexibility index (Phi) is 5.93. The Bertz CT molecular complexity index is 919. The molecule has 0 aliphatic heterocycles. The molecule has 0 bridgehead atoms. The standard InChI is InChI=1S/C19H18F3N5O/c1-2-23-18-26-16(13-6-5-8-15(10-13)28-19(20,21)22)11-17(27-18)25-12-14-7-3-4-9-24-14/h3-11H,2,12H2,1H3,(H2,23,25,26,27). The van der Waals surface area contributed by atoms with Gasteiger partial charge in [0.05, 0.1) is 17.9 Å². The summed E-state index contributed by atoms with van der Waals surface area (Å²) in [4.78, 5) is 13.0. The lowest BCUT2D eigenvalue weighted by molar-refractivity contribution is -0.274. The first kappa shape index (κ1) is 19.4. The van der Waals surface area contributed by atoms with Crippen LogP contribution in [0.4, 0.5) is 24.9 Å². The van der Waals surface area contributed by atoms with Crippen LogP contribution in [0.1, 0.15) is 12.6 Å². The first-order chi connectivity index (χ1) is 13.4. The summed E-state index contributed by atoms with van der Waals surface area (Å²) in [6, 6.07) is 12.9. The maximum absolute atomic E-state index is 12.5. The molecule has 28 heavy (non-hydrogen) atoms. The van der Waals surface area contributed by atoms with Crippen LogP contribution in [0.2, 0.25) is 0 Å². The monoisotopic (exact) mass is 389 g/mol. The topological polar surface area (TPSA) is 72.0 Å². The van der Waals surface area contributed by atoms with E-state index in [9.17, 15) is 13.2 Å². The minimum Gasteiger partial charge on any atom is -0.406 e. The number of alkyl halides is 3. The van der Waals surface area contributed by atoms with Crippen molar-refractivity contribution in [2.75, 3.05) is 17.2 Å². The van der Waals surface area contributed by atoms with Crippen LogP contribution in [-0.4, -0.2) is 27.9 Å². The van der Waals surface area contributed by atoms with Gasteiger partial charge in [-0.3, -0.25) is 4.98 Å². The molecule has 0 fully saturated rings. The lowest BCUT2D eigenvalue weighted by Gasteiger charge is -2.12. The van der Waals surface area contributed by atoms with Gasteiger partial charge in [-0.1, -0.05) is 18.2 Å². The third-order valence-corrected chi connectivity index (χ3v) is 3.60. The SMILES string of the molecule is CCNc1nc(NCc2ccccn2)cc(-c2cccc(OC(F)(F)F)c2)n1. The minimum absolute atomic E-state index is 0.309. The smallest absolute Gasteiger partial charge is 0.406 e. The molecule has 146 valence electrons. The van der Waals surface area contributed by atoms with Crippen LogP contribution in [0, 0.1) is 0 Å². The molecule has 9 heteroatoms. The van der Waals surface area contributed by atoms with Gasteiger partial charge in [-0.05, 0) is 31.2 Å². The van der Waals surface area contributed by atoms with E-state index in [-0.39, 0.29) is 5.75 Å². The number of benzene rings is 1. The summed E-state index contributed by atoms with van der Waals surface area (Å²) in [6.07, 6.45) is -3.06. The molecule has 0 radical (unpaired) electrons. The van der Waals surface area contributed by atoms with Gasteiger partial charge in [-0.25, -0.2) is 4.98 Å². The fourth-order valence-electron chi connectivity index (χ4n) is 2.46. The predicted octanol–water partition coefficient (Wildman–Crippen LogP) is 4.48. The van der Waals surface area contributed by atoms with E-state index in [0.717, 1.165) is 5.69 Å². The minimum atomic E-state index is -4.76. The first-order valence-electron chi connectivity index (χ1n) is 8.56. The molecule has 0 saturated carbocycles. The Morgan fingerprint density at radius 1 is 1.00 bits per heavy atom. The lowest BCUT2D eigenvalue weighted by Crippen LogP contribution is -2.17. The molecule has 2 N–H and O–H groups in total. The molecule has 0 amide bonds. The number of rotatable bonds is 7. The van der Waals surface area contributed by atoms with Gasteiger partial charge in [0.15, 0.2) is 0 Å². The maximum atomic E-state index is 12.5. The number of aromatic nitrogens is 3. The Balaban J connectivity index is 1.87. The quantitative estimate of drug-likeness (QED) is 0.621. The van der Waals surface area contributed by atoms with Crippen LogP contribution >= 0.6 is 0 Å². The predicted molar refractivity (Wildman–Crippen MR) is 99.9 cm³/mol. The first-order valence-corrected chi connectivity index (χ1v) is 8.56. The van der Waals surface area contributed by atoms with E-state index in [0.29, 0.717) is 36.1 Å². The van der Waals surface area contributed by atoms with Crippen molar-refractivity contribution in [1.29, 1.82) is 0 Å². The fraction of sp³-hybridized carbons (Fsp3) is 0.211. The highest BCUT2D eigenvalue weighted by Gasteiger charge is 2.31. The molecule has 0 saturated heterocycles. The number of nitrogens with zero attached hydrogens (tertiary/aromatic N) is 3. The summed E-state index contributed by atoms with van der Waals surface area (Å²) in [6.45, 7) is 2.94. The van der Waals surface area contributed by atoms with Gasteiger partial charge in [0, 0.05) is 24.4 Å². The van der Waals surface area contributed by atoms with E-state index in [2.05, 4.69) is 30.3 Å². The average Bonchev–Trinajstić information content (AvgIpc) is 2.66. The highest BCUT2D eigenvalue weighted by molar-refractivity contribution is 5.65. The zero-order valence-electron chi connectivity index (χ0n) is 15.0. The van der Waals surface area contributed by atoms with E-state index in [4.69, 9.17) is 0 Å². The van der Waals surface area contributed by atoms with Crippen molar-refractivity contribution in [2.45, 2.75) is 19.8 Å². The average molecular weight is 389 g/mol. The molecule has 0 spiro atoms. The van der Waals surface area contributed by atoms with Crippen LogP contribution in [0.3, 0.4) is 0 Å².